The lowest BCUT2D eigenvalue weighted by Crippen LogP contribution is -1.99. The van der Waals surface area contributed by atoms with E-state index in [9.17, 15) is 0 Å². The topological polar surface area (TPSA) is 14.8 Å². The third-order valence-corrected chi connectivity index (χ3v) is 12.8. The molecule has 3 nitrogen and oxygen atoms in total. The van der Waals surface area contributed by atoms with E-state index in [2.05, 4.69) is 215 Å². The highest BCUT2D eigenvalue weighted by molar-refractivity contribution is 7.15. The van der Waals surface area contributed by atoms with Gasteiger partial charge >= 0.3 is 0 Å². The lowest BCUT2D eigenvalue weighted by Gasteiger charge is -2.14. The molecular weight excluding hydrogens is 711 g/mol. The highest BCUT2D eigenvalue weighted by Gasteiger charge is 2.25. The molecule has 12 aromatic rings. The third kappa shape index (κ3) is 4.78. The van der Waals surface area contributed by atoms with Crippen molar-refractivity contribution in [3.05, 3.63) is 199 Å². The van der Waals surface area contributed by atoms with Crippen molar-refractivity contribution in [2.75, 3.05) is 0 Å². The molecule has 0 saturated carbocycles. The summed E-state index contributed by atoms with van der Waals surface area (Å²) < 4.78 is 7.38. The van der Waals surface area contributed by atoms with Crippen LogP contribution in [0.5, 0.6) is 0 Å². The van der Waals surface area contributed by atoms with Gasteiger partial charge in [-0.05, 0) is 109 Å². The van der Waals surface area contributed by atoms with Gasteiger partial charge in [-0.2, -0.15) is 0 Å². The predicted molar refractivity (Wildman–Crippen MR) is 243 cm³/mol. The Balaban J connectivity index is 1.18. The highest BCUT2D eigenvalue weighted by atomic mass is 32.1. The van der Waals surface area contributed by atoms with Gasteiger partial charge < -0.3 is 13.7 Å². The first-order chi connectivity index (χ1) is 28.2. The first-order valence-corrected chi connectivity index (χ1v) is 20.3. The minimum absolute atomic E-state index is 1.14. The summed E-state index contributed by atoms with van der Waals surface area (Å²) in [6, 6.07) is 71.3. The first-order valence-electron chi connectivity index (χ1n) is 19.5. The summed E-state index contributed by atoms with van der Waals surface area (Å²) in [5.74, 6) is 0. The summed E-state index contributed by atoms with van der Waals surface area (Å²) >= 11 is 1.84. The normalized spacial score (nSPS) is 11.9. The van der Waals surface area contributed by atoms with Crippen LogP contribution in [-0.4, -0.2) is 13.7 Å². The number of aromatic nitrogens is 3. The van der Waals surface area contributed by atoms with Crippen LogP contribution in [-0.2, 0) is 0 Å². The minimum Gasteiger partial charge on any atom is -0.309 e. The number of thiophene rings is 1. The number of benzene rings is 8. The molecule has 0 radical (unpaired) electrons. The molecule has 0 aliphatic rings. The Hall–Kier alpha value is -7.14. The fraction of sp³-hybridized carbons (Fsp3) is 0.0189. The van der Waals surface area contributed by atoms with Gasteiger partial charge in [0, 0.05) is 59.1 Å². The van der Waals surface area contributed by atoms with Gasteiger partial charge in [0.1, 0.15) is 0 Å². The zero-order chi connectivity index (χ0) is 37.6. The summed E-state index contributed by atoms with van der Waals surface area (Å²) in [5, 5.41) is 7.46. The van der Waals surface area contributed by atoms with Crippen LogP contribution < -0.4 is 0 Å². The molecule has 0 N–H and O–H groups in total. The number of nitrogens with zero attached hydrogens (tertiary/aromatic N) is 3. The molecule has 57 heavy (non-hydrogen) atoms. The zero-order valence-electron chi connectivity index (χ0n) is 31.2. The van der Waals surface area contributed by atoms with Crippen LogP contribution in [0.15, 0.2) is 194 Å². The van der Waals surface area contributed by atoms with Crippen LogP contribution in [0.4, 0.5) is 0 Å². The van der Waals surface area contributed by atoms with Crippen molar-refractivity contribution in [3.63, 3.8) is 0 Å². The Labute approximate surface area is 333 Å². The summed E-state index contributed by atoms with van der Waals surface area (Å²) in [4.78, 5) is 2.63. The van der Waals surface area contributed by atoms with E-state index in [0.29, 0.717) is 0 Å². The molecule has 8 aromatic carbocycles. The van der Waals surface area contributed by atoms with Gasteiger partial charge in [-0.25, -0.2) is 0 Å². The molecule has 268 valence electrons. The van der Waals surface area contributed by atoms with Crippen molar-refractivity contribution in [1.29, 1.82) is 0 Å². The Bertz CT molecular complexity index is 3510. The third-order valence-electron chi connectivity index (χ3n) is 11.7. The smallest absolute Gasteiger partial charge is 0.0795 e. The summed E-state index contributed by atoms with van der Waals surface area (Å²) in [6.07, 6.45) is 0. The average Bonchev–Trinajstić information content (AvgIpc) is 4.03. The molecule has 0 aliphatic carbocycles. The average molecular weight is 746 g/mol. The Morgan fingerprint density at radius 1 is 0.351 bits per heavy atom. The maximum atomic E-state index is 2.49. The van der Waals surface area contributed by atoms with Crippen molar-refractivity contribution in [2.24, 2.45) is 0 Å². The van der Waals surface area contributed by atoms with Crippen LogP contribution in [0, 0.1) is 6.92 Å². The molecule has 0 bridgehead atoms. The van der Waals surface area contributed by atoms with Crippen LogP contribution >= 0.6 is 11.3 Å². The van der Waals surface area contributed by atoms with Gasteiger partial charge in [0.05, 0.1) is 33.1 Å². The maximum Gasteiger partial charge on any atom is 0.0795 e. The van der Waals surface area contributed by atoms with E-state index < -0.39 is 0 Å². The van der Waals surface area contributed by atoms with Crippen LogP contribution in [0.3, 0.4) is 0 Å². The van der Waals surface area contributed by atoms with Crippen LogP contribution in [0.25, 0.3) is 104 Å². The van der Waals surface area contributed by atoms with E-state index in [-0.39, 0.29) is 0 Å². The van der Waals surface area contributed by atoms with Gasteiger partial charge in [0.2, 0.25) is 0 Å². The van der Waals surface area contributed by atoms with Crippen molar-refractivity contribution >= 4 is 76.8 Å². The predicted octanol–water partition coefficient (Wildman–Crippen LogP) is 14.7. The van der Waals surface area contributed by atoms with E-state index >= 15 is 0 Å². The molecule has 4 heteroatoms. The quantitative estimate of drug-likeness (QED) is 0.167. The fourth-order valence-corrected chi connectivity index (χ4v) is 10.2. The number of aryl methyl sites for hydroxylation is 1. The first kappa shape index (κ1) is 32.1. The Morgan fingerprint density at radius 3 is 1.51 bits per heavy atom. The van der Waals surface area contributed by atoms with Gasteiger partial charge in [-0.1, -0.05) is 109 Å². The molecule has 0 spiro atoms. The standard InChI is InChI=1S/C53H35N3S/c1-34-24-31-50(57-34)35-25-28-39(29-26-35)54-46-21-11-8-18-40(46)44-32-36(27-30-49(44)54)43-33-45-41-19-9-12-22-47(41)55(37-14-4-2-5-15-37)52(45)53-51(43)42-20-10-13-23-48(42)56(53)38-16-6-3-7-17-38/h2-33H,1H3. The molecule has 0 fully saturated rings. The Kier molecular flexibility index (Phi) is 7.01. The van der Waals surface area contributed by atoms with E-state index in [0.717, 1.165) is 17.1 Å². The second-order valence-corrected chi connectivity index (χ2v) is 16.2. The molecule has 0 atom stereocenters. The van der Waals surface area contributed by atoms with E-state index in [4.69, 9.17) is 0 Å². The van der Waals surface area contributed by atoms with Crippen molar-refractivity contribution < 1.29 is 0 Å². The second-order valence-electron chi connectivity index (χ2n) is 15.0. The van der Waals surface area contributed by atoms with Crippen LogP contribution in [0.1, 0.15) is 4.88 Å². The SMILES string of the molecule is Cc1ccc(-c2ccc(-n3c4ccccc4c4cc(-c5cc6c7ccccc7n(-c7ccccc7)c6c6c5c5ccccc5n6-c5ccccc5)ccc43)cc2)s1. The number of hydrogen-bond acceptors (Lipinski definition) is 1. The number of fused-ring (bicyclic) bond motifs is 10. The van der Waals surface area contributed by atoms with Crippen molar-refractivity contribution in [2.45, 2.75) is 6.92 Å². The lowest BCUT2D eigenvalue weighted by molar-refractivity contribution is 1.15. The van der Waals surface area contributed by atoms with E-state index in [1.54, 1.807) is 0 Å². The number of hydrogen-bond donors (Lipinski definition) is 0. The van der Waals surface area contributed by atoms with Crippen molar-refractivity contribution in [1.82, 2.24) is 13.7 Å². The number of para-hydroxylation sites is 5. The summed E-state index contributed by atoms with van der Waals surface area (Å²) in [7, 11) is 0. The second kappa shape index (κ2) is 12.4. The molecule has 0 aliphatic heterocycles. The monoisotopic (exact) mass is 745 g/mol. The van der Waals surface area contributed by atoms with E-state index in [1.807, 2.05) is 11.3 Å². The molecule has 4 aromatic heterocycles. The van der Waals surface area contributed by atoms with Crippen molar-refractivity contribution in [3.8, 4) is 38.6 Å². The Morgan fingerprint density at radius 2 is 0.860 bits per heavy atom. The molecule has 0 unspecified atom stereocenters. The molecule has 12 rings (SSSR count). The molecule has 0 amide bonds. The highest BCUT2D eigenvalue weighted by Crippen LogP contribution is 2.47. The molecular formula is C53H35N3S. The zero-order valence-corrected chi connectivity index (χ0v) is 32.0. The molecule has 0 saturated heterocycles. The largest absolute Gasteiger partial charge is 0.309 e. The van der Waals surface area contributed by atoms with E-state index in [1.165, 1.54) is 91.9 Å². The maximum absolute atomic E-state index is 2.49. The number of rotatable bonds is 5. The lowest BCUT2D eigenvalue weighted by atomic mass is 9.95. The molecule has 4 heterocycles. The van der Waals surface area contributed by atoms with Gasteiger partial charge in [-0.3, -0.25) is 0 Å². The summed E-state index contributed by atoms with van der Waals surface area (Å²) in [6.45, 7) is 2.17. The summed E-state index contributed by atoms with van der Waals surface area (Å²) in [5.41, 5.74) is 14.3. The minimum atomic E-state index is 1.14. The van der Waals surface area contributed by atoms with Gasteiger partial charge in [0.25, 0.3) is 0 Å². The fourth-order valence-electron chi connectivity index (χ4n) is 9.30. The van der Waals surface area contributed by atoms with Crippen LogP contribution in [0.2, 0.25) is 0 Å². The van der Waals surface area contributed by atoms with Gasteiger partial charge in [-0.15, -0.1) is 11.3 Å². The van der Waals surface area contributed by atoms with Gasteiger partial charge in [0.15, 0.2) is 0 Å².